The van der Waals surface area contributed by atoms with E-state index >= 15 is 0 Å². The molecule has 1 saturated carbocycles. The Labute approximate surface area is 149 Å². The van der Waals surface area contributed by atoms with Gasteiger partial charge in [-0.2, -0.15) is 0 Å². The van der Waals surface area contributed by atoms with Crippen LogP contribution in [0.1, 0.15) is 46.1 Å². The maximum Gasteiger partial charge on any atom is 0.328 e. The molecule has 0 radical (unpaired) electrons. The molecular formula is C20H27NO4. The van der Waals surface area contributed by atoms with Crippen LogP contribution >= 0.6 is 0 Å². The molecule has 3 rings (SSSR count). The lowest BCUT2D eigenvalue weighted by Gasteiger charge is -2.63. The van der Waals surface area contributed by atoms with E-state index in [1.165, 1.54) is 0 Å². The van der Waals surface area contributed by atoms with Gasteiger partial charge in [-0.05, 0) is 33.3 Å². The Morgan fingerprint density at radius 2 is 1.92 bits per heavy atom. The van der Waals surface area contributed by atoms with E-state index in [1.54, 1.807) is 11.0 Å². The summed E-state index contributed by atoms with van der Waals surface area (Å²) < 4.78 is 11.6. The number of ether oxygens (including phenoxy) is 2. The Hall–Kier alpha value is -1.88. The minimum atomic E-state index is -1.18. The van der Waals surface area contributed by atoms with Gasteiger partial charge in [-0.1, -0.05) is 25.1 Å². The van der Waals surface area contributed by atoms with Crippen LogP contribution in [0, 0.1) is 5.41 Å². The molecule has 2 aliphatic rings. The highest BCUT2D eigenvalue weighted by atomic mass is 16.5. The van der Waals surface area contributed by atoms with E-state index in [0.29, 0.717) is 38.3 Å². The predicted octanol–water partition coefficient (Wildman–Crippen LogP) is 2.92. The van der Waals surface area contributed by atoms with E-state index in [0.717, 1.165) is 5.56 Å². The van der Waals surface area contributed by atoms with E-state index in [4.69, 9.17) is 9.47 Å². The van der Waals surface area contributed by atoms with Crippen molar-refractivity contribution in [2.75, 3.05) is 19.7 Å². The van der Waals surface area contributed by atoms with Crippen LogP contribution in [0.5, 0.6) is 5.75 Å². The van der Waals surface area contributed by atoms with E-state index in [2.05, 4.69) is 0 Å². The summed E-state index contributed by atoms with van der Waals surface area (Å²) in [5.41, 5.74) is -0.918. The molecule has 0 bridgehead atoms. The number of carbonyl (C=O) groups excluding carboxylic acids is 2. The fourth-order valence-corrected chi connectivity index (χ4v) is 4.83. The van der Waals surface area contributed by atoms with Crippen molar-refractivity contribution >= 4 is 11.9 Å². The molecule has 25 heavy (non-hydrogen) atoms. The summed E-state index contributed by atoms with van der Waals surface area (Å²) in [6.45, 7) is 9.56. The summed E-state index contributed by atoms with van der Waals surface area (Å²) in [5.74, 6) is -0.00238. The van der Waals surface area contributed by atoms with Gasteiger partial charge in [-0.15, -0.1) is 0 Å². The lowest BCUT2D eigenvalue weighted by molar-refractivity contribution is -0.209. The standard InChI is InChI=1S/C20H27NO4/c1-5-19-14-11-9-10-12-15(14)25-18(23)20(19,13-16(19)24-8-4)17(22)21(6-2)7-3/h9-12,16H,5-8,13H2,1-4H3/t16?,19-,20+/m0/s1. The highest BCUT2D eigenvalue weighted by molar-refractivity contribution is 6.08. The normalized spacial score (nSPS) is 29.9. The van der Waals surface area contributed by atoms with Crippen LogP contribution in [0.2, 0.25) is 0 Å². The van der Waals surface area contributed by atoms with Crippen LogP contribution in [0.15, 0.2) is 24.3 Å². The van der Waals surface area contributed by atoms with Crippen molar-refractivity contribution in [3.8, 4) is 5.75 Å². The zero-order chi connectivity index (χ0) is 18.2. The second-order valence-electron chi connectivity index (χ2n) is 6.74. The fourth-order valence-electron chi connectivity index (χ4n) is 4.83. The topological polar surface area (TPSA) is 55.8 Å². The third-order valence-corrected chi connectivity index (χ3v) is 6.06. The molecule has 1 aliphatic carbocycles. The average Bonchev–Trinajstić information content (AvgIpc) is 2.60. The number of esters is 1. The number of para-hydroxylation sites is 1. The van der Waals surface area contributed by atoms with Gasteiger partial charge in [0.25, 0.3) is 0 Å². The van der Waals surface area contributed by atoms with Gasteiger partial charge in [0, 0.05) is 31.7 Å². The van der Waals surface area contributed by atoms with E-state index in [-0.39, 0.29) is 12.0 Å². The number of amides is 1. The number of hydrogen-bond acceptors (Lipinski definition) is 4. The van der Waals surface area contributed by atoms with Crippen molar-refractivity contribution in [1.82, 2.24) is 4.90 Å². The molecule has 0 saturated heterocycles. The average molecular weight is 345 g/mol. The minimum Gasteiger partial charge on any atom is -0.425 e. The molecular weight excluding hydrogens is 318 g/mol. The van der Waals surface area contributed by atoms with Gasteiger partial charge < -0.3 is 14.4 Å². The Bertz CT molecular complexity index is 684. The highest BCUT2D eigenvalue weighted by Crippen LogP contribution is 2.66. The smallest absolute Gasteiger partial charge is 0.328 e. The van der Waals surface area contributed by atoms with Crippen molar-refractivity contribution in [3.05, 3.63) is 29.8 Å². The third-order valence-electron chi connectivity index (χ3n) is 6.06. The van der Waals surface area contributed by atoms with Gasteiger partial charge in [0.05, 0.1) is 11.5 Å². The monoisotopic (exact) mass is 345 g/mol. The second-order valence-corrected chi connectivity index (χ2v) is 6.74. The van der Waals surface area contributed by atoms with Crippen LogP contribution in [0.3, 0.4) is 0 Å². The Morgan fingerprint density at radius 3 is 2.52 bits per heavy atom. The van der Waals surface area contributed by atoms with Crippen LogP contribution < -0.4 is 4.74 Å². The molecule has 0 spiro atoms. The Morgan fingerprint density at radius 1 is 1.24 bits per heavy atom. The lowest BCUT2D eigenvalue weighted by Crippen LogP contribution is -2.76. The number of hydrogen-bond donors (Lipinski definition) is 0. The lowest BCUT2D eigenvalue weighted by atomic mass is 9.42. The summed E-state index contributed by atoms with van der Waals surface area (Å²) in [4.78, 5) is 28.3. The fraction of sp³-hybridized carbons (Fsp3) is 0.600. The number of fused-ring (bicyclic) bond motifs is 3. The molecule has 1 aromatic rings. The number of benzene rings is 1. The highest BCUT2D eigenvalue weighted by Gasteiger charge is 2.77. The summed E-state index contributed by atoms with van der Waals surface area (Å²) in [6, 6.07) is 7.56. The van der Waals surface area contributed by atoms with Crippen LogP contribution in [0.25, 0.3) is 0 Å². The summed E-state index contributed by atoms with van der Waals surface area (Å²) in [7, 11) is 0. The predicted molar refractivity (Wildman–Crippen MR) is 94.4 cm³/mol. The molecule has 1 aromatic carbocycles. The maximum absolute atomic E-state index is 13.4. The SMILES string of the molecule is CCOC1C[C@@]2(C(=O)N(CC)CC)C(=O)Oc3ccccc3[C@@]12CC. The van der Waals surface area contributed by atoms with Crippen LogP contribution in [0.4, 0.5) is 0 Å². The van der Waals surface area contributed by atoms with Gasteiger partial charge in [-0.25, -0.2) is 0 Å². The van der Waals surface area contributed by atoms with Gasteiger partial charge >= 0.3 is 5.97 Å². The Kier molecular flexibility index (Phi) is 4.62. The van der Waals surface area contributed by atoms with Gasteiger partial charge in [-0.3, -0.25) is 9.59 Å². The van der Waals surface area contributed by atoms with E-state index in [9.17, 15) is 9.59 Å². The summed E-state index contributed by atoms with van der Waals surface area (Å²) in [6.07, 6.45) is 0.879. The number of nitrogens with zero attached hydrogens (tertiary/aromatic N) is 1. The first-order valence-electron chi connectivity index (χ1n) is 9.26. The van der Waals surface area contributed by atoms with Crippen molar-refractivity contribution in [2.24, 2.45) is 5.41 Å². The van der Waals surface area contributed by atoms with Gasteiger partial charge in [0.15, 0.2) is 5.41 Å². The van der Waals surface area contributed by atoms with Gasteiger partial charge in [0.1, 0.15) is 5.75 Å². The van der Waals surface area contributed by atoms with Crippen molar-refractivity contribution in [3.63, 3.8) is 0 Å². The summed E-state index contributed by atoms with van der Waals surface area (Å²) in [5, 5.41) is 0. The molecule has 1 heterocycles. The first-order chi connectivity index (χ1) is 12.0. The van der Waals surface area contributed by atoms with Crippen molar-refractivity contribution in [1.29, 1.82) is 0 Å². The molecule has 5 nitrogen and oxygen atoms in total. The first-order valence-corrected chi connectivity index (χ1v) is 9.26. The largest absolute Gasteiger partial charge is 0.425 e. The van der Waals surface area contributed by atoms with Crippen LogP contribution in [-0.2, 0) is 19.7 Å². The molecule has 1 aliphatic heterocycles. The molecule has 3 atom stereocenters. The second kappa shape index (κ2) is 6.45. The number of rotatable bonds is 6. The molecule has 0 aromatic heterocycles. The quantitative estimate of drug-likeness (QED) is 0.452. The zero-order valence-corrected chi connectivity index (χ0v) is 15.5. The van der Waals surface area contributed by atoms with Crippen molar-refractivity contribution in [2.45, 2.75) is 52.1 Å². The first kappa shape index (κ1) is 17.9. The summed E-state index contributed by atoms with van der Waals surface area (Å²) >= 11 is 0. The minimum absolute atomic E-state index is 0.130. The Balaban J connectivity index is 2.20. The molecule has 1 amide bonds. The zero-order valence-electron chi connectivity index (χ0n) is 15.5. The third kappa shape index (κ3) is 2.11. The molecule has 0 N–H and O–H groups in total. The molecule has 136 valence electrons. The molecule has 5 heteroatoms. The molecule has 1 unspecified atom stereocenters. The number of carbonyl (C=O) groups is 2. The van der Waals surface area contributed by atoms with Crippen molar-refractivity contribution < 1.29 is 19.1 Å². The molecule has 1 fully saturated rings. The maximum atomic E-state index is 13.4. The van der Waals surface area contributed by atoms with Crippen LogP contribution in [-0.4, -0.2) is 42.6 Å². The van der Waals surface area contributed by atoms with E-state index < -0.39 is 16.8 Å². The van der Waals surface area contributed by atoms with Gasteiger partial charge in [0.2, 0.25) is 5.91 Å². The van der Waals surface area contributed by atoms with E-state index in [1.807, 2.05) is 45.9 Å².